The van der Waals surface area contributed by atoms with Crippen molar-refractivity contribution in [3.05, 3.63) is 57.1 Å². The van der Waals surface area contributed by atoms with E-state index >= 15 is 0 Å². The van der Waals surface area contributed by atoms with E-state index in [2.05, 4.69) is 4.99 Å². The average Bonchev–Trinajstić information content (AvgIpc) is 2.57. The molecule has 0 saturated heterocycles. The fourth-order valence-corrected chi connectivity index (χ4v) is 2.10. The number of nitrogens with zero attached hydrogens (tertiary/aromatic N) is 2. The Hall–Kier alpha value is -2.80. The Kier molecular flexibility index (Phi) is 5.97. The molecule has 2 aromatic carbocycles. The number of benzene rings is 2. The molecule has 24 heavy (non-hydrogen) atoms. The third-order valence-corrected chi connectivity index (χ3v) is 3.26. The largest absolute Gasteiger partial charge is 0.867 e. The van der Waals surface area contributed by atoms with Gasteiger partial charge in [-0.05, 0) is 41.6 Å². The van der Waals surface area contributed by atoms with E-state index in [9.17, 15) is 15.2 Å². The molecule has 0 bridgehead atoms. The van der Waals surface area contributed by atoms with Crippen molar-refractivity contribution >= 4 is 23.5 Å². The van der Waals surface area contributed by atoms with Gasteiger partial charge in [0.15, 0.2) is 0 Å². The third kappa shape index (κ3) is 4.60. The fourth-order valence-electron chi connectivity index (χ4n) is 1.88. The minimum atomic E-state index is -0.766. The van der Waals surface area contributed by atoms with Crippen molar-refractivity contribution in [2.24, 2.45) is 4.99 Å². The van der Waals surface area contributed by atoms with Crippen LogP contribution in [0.2, 0.25) is 5.02 Å². The van der Waals surface area contributed by atoms with Gasteiger partial charge in [0.2, 0.25) is 0 Å². The Morgan fingerprint density at radius 3 is 2.54 bits per heavy atom. The van der Waals surface area contributed by atoms with Crippen LogP contribution >= 0.6 is 11.6 Å². The monoisotopic (exact) mass is 349 g/mol. The minimum Gasteiger partial charge on any atom is -0.867 e. The van der Waals surface area contributed by atoms with Crippen molar-refractivity contribution in [1.29, 1.82) is 0 Å². The number of aliphatic imine (C=N–C) groups is 1. The first-order valence-electron chi connectivity index (χ1n) is 6.93. The van der Waals surface area contributed by atoms with Crippen LogP contribution in [0.15, 0.2) is 41.4 Å². The molecule has 0 spiro atoms. The van der Waals surface area contributed by atoms with Crippen molar-refractivity contribution in [2.45, 2.75) is 0 Å². The zero-order valence-electron chi connectivity index (χ0n) is 12.8. The van der Waals surface area contributed by atoms with Gasteiger partial charge in [-0.1, -0.05) is 11.6 Å². The molecular weight excluding hydrogens is 336 g/mol. The summed E-state index contributed by atoms with van der Waals surface area (Å²) in [6.07, 6.45) is 1.26. The molecule has 0 N–H and O–H groups in total. The second kappa shape index (κ2) is 8.16. The summed E-state index contributed by atoms with van der Waals surface area (Å²) < 4.78 is 10.5. The van der Waals surface area contributed by atoms with Crippen LogP contribution in [0.25, 0.3) is 0 Å². The molecule has 0 atom stereocenters. The number of ether oxygens (including phenoxy) is 2. The number of rotatable bonds is 7. The van der Waals surface area contributed by atoms with Crippen LogP contribution in [0.5, 0.6) is 17.2 Å². The lowest BCUT2D eigenvalue weighted by molar-refractivity contribution is -0.398. The molecule has 126 valence electrons. The first-order chi connectivity index (χ1) is 11.5. The predicted octanol–water partition coefficient (Wildman–Crippen LogP) is 2.83. The van der Waals surface area contributed by atoms with E-state index in [-0.39, 0.29) is 17.1 Å². The molecule has 8 heteroatoms. The van der Waals surface area contributed by atoms with E-state index in [1.807, 2.05) is 0 Å². The van der Waals surface area contributed by atoms with Gasteiger partial charge in [0.1, 0.15) is 18.1 Å². The molecule has 7 nitrogen and oxygen atoms in total. The quantitative estimate of drug-likeness (QED) is 0.331. The highest BCUT2D eigenvalue weighted by molar-refractivity contribution is 6.31. The lowest BCUT2D eigenvalue weighted by Crippen LogP contribution is -2.04. The summed E-state index contributed by atoms with van der Waals surface area (Å²) in [7, 11) is 1.58. The molecule has 2 aromatic rings. The lowest BCUT2D eigenvalue weighted by Gasteiger charge is -2.10. The predicted molar refractivity (Wildman–Crippen MR) is 88.5 cm³/mol. The molecule has 2 rings (SSSR count). The Morgan fingerprint density at radius 2 is 1.92 bits per heavy atom. The van der Waals surface area contributed by atoms with Gasteiger partial charge < -0.3 is 14.6 Å². The van der Waals surface area contributed by atoms with Crippen LogP contribution in [0.3, 0.4) is 0 Å². The summed E-state index contributed by atoms with van der Waals surface area (Å²) in [4.78, 5) is 14.0. The van der Waals surface area contributed by atoms with Gasteiger partial charge >= 0.3 is 0 Å². The summed E-state index contributed by atoms with van der Waals surface area (Å²) in [6, 6.07) is 9.43. The maximum atomic E-state index is 11.9. The van der Waals surface area contributed by atoms with Crippen molar-refractivity contribution in [3.8, 4) is 17.2 Å². The molecule has 0 aliphatic carbocycles. The first kappa shape index (κ1) is 17.6. The van der Waals surface area contributed by atoms with Gasteiger partial charge in [0.25, 0.3) is 5.69 Å². The van der Waals surface area contributed by atoms with E-state index in [4.69, 9.17) is 21.1 Å². The smallest absolute Gasteiger partial charge is 0.263 e. The second-order valence-corrected chi connectivity index (χ2v) is 5.10. The number of nitro groups is 1. The Bertz CT molecular complexity index is 747. The molecule has 0 fully saturated rings. The van der Waals surface area contributed by atoms with E-state index in [0.717, 1.165) is 11.8 Å². The van der Waals surface area contributed by atoms with E-state index < -0.39 is 16.4 Å². The number of methoxy groups -OCH3 is 1. The SMILES string of the molecule is COc1ccc(OCCN=Cc2cc(Cl)cc([N+](=O)[O-])c2[O-])cc1. The average molecular weight is 350 g/mol. The molecule has 0 heterocycles. The van der Waals surface area contributed by atoms with E-state index in [0.29, 0.717) is 12.4 Å². The number of nitro benzene ring substituents is 1. The standard InChI is InChI=1S/C16H15ClN2O5/c1-23-13-2-4-14(5-3-13)24-7-6-18-10-11-8-12(17)9-15(16(11)20)19(21)22/h2-5,8-10,20H,6-7H2,1H3/p-1. The molecule has 0 amide bonds. The van der Waals surface area contributed by atoms with Gasteiger partial charge in [0, 0.05) is 17.3 Å². The summed E-state index contributed by atoms with van der Waals surface area (Å²) in [6.45, 7) is 0.575. The highest BCUT2D eigenvalue weighted by atomic mass is 35.5. The molecule has 0 aromatic heterocycles. The molecule has 0 unspecified atom stereocenters. The van der Waals surface area contributed by atoms with Crippen LogP contribution in [-0.2, 0) is 0 Å². The maximum absolute atomic E-state index is 11.9. The van der Waals surface area contributed by atoms with Crippen LogP contribution in [0.1, 0.15) is 5.56 Å². The Morgan fingerprint density at radius 1 is 1.25 bits per heavy atom. The Balaban J connectivity index is 1.93. The highest BCUT2D eigenvalue weighted by Gasteiger charge is 2.11. The molecule has 0 radical (unpaired) electrons. The van der Waals surface area contributed by atoms with Gasteiger partial charge in [-0.25, -0.2) is 0 Å². The van der Waals surface area contributed by atoms with Crippen molar-refractivity contribution < 1.29 is 19.5 Å². The van der Waals surface area contributed by atoms with Gasteiger partial charge in [-0.15, -0.1) is 0 Å². The highest BCUT2D eigenvalue weighted by Crippen LogP contribution is 2.29. The lowest BCUT2D eigenvalue weighted by atomic mass is 10.2. The summed E-state index contributed by atoms with van der Waals surface area (Å²) >= 11 is 5.77. The maximum Gasteiger partial charge on any atom is 0.263 e. The zero-order valence-corrected chi connectivity index (χ0v) is 13.5. The van der Waals surface area contributed by atoms with Crippen molar-refractivity contribution in [2.75, 3.05) is 20.3 Å². The second-order valence-electron chi connectivity index (χ2n) is 4.66. The molecular formula is C16H14ClN2O5-. The number of hydrogen-bond acceptors (Lipinski definition) is 6. The number of hydrogen-bond donors (Lipinski definition) is 0. The summed E-state index contributed by atoms with van der Waals surface area (Å²) in [5.74, 6) is 0.670. The fraction of sp³-hybridized carbons (Fsp3) is 0.188. The zero-order chi connectivity index (χ0) is 17.5. The molecule has 0 aliphatic heterocycles. The van der Waals surface area contributed by atoms with Crippen LogP contribution in [-0.4, -0.2) is 31.4 Å². The number of halogens is 1. The van der Waals surface area contributed by atoms with Crippen LogP contribution in [0, 0.1) is 10.1 Å². The van der Waals surface area contributed by atoms with Gasteiger partial charge in [-0.2, -0.15) is 0 Å². The van der Waals surface area contributed by atoms with Crippen molar-refractivity contribution in [3.63, 3.8) is 0 Å². The van der Waals surface area contributed by atoms with Crippen LogP contribution in [0.4, 0.5) is 5.69 Å². The topological polar surface area (TPSA) is 97.0 Å². The minimum absolute atomic E-state index is 0.0682. The molecule has 0 saturated carbocycles. The van der Waals surface area contributed by atoms with Gasteiger partial charge in [-0.3, -0.25) is 15.1 Å². The van der Waals surface area contributed by atoms with E-state index in [1.54, 1.807) is 31.4 Å². The summed E-state index contributed by atoms with van der Waals surface area (Å²) in [5, 5.41) is 22.8. The molecule has 0 aliphatic rings. The van der Waals surface area contributed by atoms with Crippen molar-refractivity contribution in [1.82, 2.24) is 0 Å². The normalized spacial score (nSPS) is 10.8. The third-order valence-electron chi connectivity index (χ3n) is 3.04. The Labute approximate surface area is 143 Å². The van der Waals surface area contributed by atoms with Gasteiger partial charge in [0.05, 0.1) is 18.6 Å². The van der Waals surface area contributed by atoms with E-state index in [1.165, 1.54) is 12.3 Å². The first-order valence-corrected chi connectivity index (χ1v) is 7.30. The summed E-state index contributed by atoms with van der Waals surface area (Å²) in [5.41, 5.74) is -0.503. The van der Waals surface area contributed by atoms with Crippen LogP contribution < -0.4 is 14.6 Å².